The number of hydrogen-bond donors (Lipinski definition) is 0. The largest absolute Gasteiger partial charge is 0.400 e. The fraction of sp³-hybridized carbons (Fsp3) is 1.00. The van der Waals surface area contributed by atoms with Crippen molar-refractivity contribution in [1.29, 1.82) is 0 Å². The molecule has 62 valence electrons. The average molecular weight is 162 g/mol. The lowest BCUT2D eigenvalue weighted by atomic mass is 10.4. The predicted molar refractivity (Wildman–Crippen MR) is 45.5 cm³/mol. The third-order valence-electron chi connectivity index (χ3n) is 1.67. The second-order valence-electron chi connectivity index (χ2n) is 2.44. The maximum atomic E-state index is 5.46. The molecule has 0 aromatic rings. The van der Waals surface area contributed by atoms with Crippen LogP contribution in [0.2, 0.25) is 5.54 Å². The highest BCUT2D eigenvalue weighted by molar-refractivity contribution is 6.46. The predicted octanol–water partition coefficient (Wildman–Crippen LogP) is 1.69. The Morgan fingerprint density at radius 2 is 2.00 bits per heavy atom. The van der Waals surface area contributed by atoms with Crippen LogP contribution in [0.25, 0.3) is 0 Å². The molecule has 0 aliphatic heterocycles. The van der Waals surface area contributed by atoms with Gasteiger partial charge in [-0.3, -0.25) is 0 Å². The molecule has 0 aliphatic rings. The zero-order valence-corrected chi connectivity index (χ0v) is 8.54. The molecule has 0 saturated carbocycles. The molecule has 0 radical (unpaired) electrons. The first kappa shape index (κ1) is 10.1. The molecule has 0 saturated heterocycles. The monoisotopic (exact) mass is 162 g/mol. The SMILES string of the molecule is CCO[SiH](OC)C(C)CC. The van der Waals surface area contributed by atoms with Crippen LogP contribution in [0.4, 0.5) is 0 Å². The van der Waals surface area contributed by atoms with Gasteiger partial charge in [0.05, 0.1) is 0 Å². The van der Waals surface area contributed by atoms with E-state index in [1.54, 1.807) is 7.11 Å². The third kappa shape index (κ3) is 3.34. The topological polar surface area (TPSA) is 18.5 Å². The van der Waals surface area contributed by atoms with Gasteiger partial charge in [-0.15, -0.1) is 0 Å². The van der Waals surface area contributed by atoms with Gasteiger partial charge < -0.3 is 8.85 Å². The summed E-state index contributed by atoms with van der Waals surface area (Å²) in [7, 11) is 0.442. The zero-order valence-electron chi connectivity index (χ0n) is 7.39. The summed E-state index contributed by atoms with van der Waals surface area (Å²) in [5.74, 6) is 0. The summed E-state index contributed by atoms with van der Waals surface area (Å²) in [4.78, 5) is 0. The van der Waals surface area contributed by atoms with Crippen molar-refractivity contribution in [1.82, 2.24) is 0 Å². The van der Waals surface area contributed by atoms with Gasteiger partial charge in [0.15, 0.2) is 0 Å². The Balaban J connectivity index is 3.56. The Morgan fingerprint density at radius 1 is 1.40 bits per heavy atom. The first-order chi connectivity index (χ1) is 4.76. The van der Waals surface area contributed by atoms with Gasteiger partial charge in [-0.25, -0.2) is 0 Å². The van der Waals surface area contributed by atoms with Gasteiger partial charge in [-0.05, 0) is 12.5 Å². The Kier molecular flexibility index (Phi) is 5.97. The highest BCUT2D eigenvalue weighted by atomic mass is 28.3. The lowest BCUT2D eigenvalue weighted by Gasteiger charge is -2.18. The van der Waals surface area contributed by atoms with Crippen molar-refractivity contribution < 1.29 is 8.85 Å². The molecule has 0 fully saturated rings. The first-order valence-corrected chi connectivity index (χ1v) is 5.51. The van der Waals surface area contributed by atoms with Crippen LogP contribution < -0.4 is 0 Å². The van der Waals surface area contributed by atoms with Gasteiger partial charge in [0, 0.05) is 13.7 Å². The van der Waals surface area contributed by atoms with Crippen LogP contribution in [0.3, 0.4) is 0 Å². The molecule has 2 unspecified atom stereocenters. The van der Waals surface area contributed by atoms with Gasteiger partial charge >= 0.3 is 9.28 Å². The second-order valence-corrected chi connectivity index (χ2v) is 5.12. The van der Waals surface area contributed by atoms with E-state index < -0.39 is 9.28 Å². The van der Waals surface area contributed by atoms with E-state index >= 15 is 0 Å². The smallest absolute Gasteiger partial charge is 0.324 e. The Labute approximate surface area is 65.4 Å². The van der Waals surface area contributed by atoms with Crippen molar-refractivity contribution in [3.8, 4) is 0 Å². The Bertz CT molecular complexity index is 78.0. The van der Waals surface area contributed by atoms with E-state index in [1.807, 2.05) is 6.92 Å². The highest BCUT2D eigenvalue weighted by Gasteiger charge is 2.17. The molecular weight excluding hydrogens is 144 g/mol. The molecule has 0 aromatic heterocycles. The molecule has 2 nitrogen and oxygen atoms in total. The molecule has 0 heterocycles. The van der Waals surface area contributed by atoms with Crippen molar-refractivity contribution in [2.45, 2.75) is 32.7 Å². The third-order valence-corrected chi connectivity index (χ3v) is 4.20. The van der Waals surface area contributed by atoms with Gasteiger partial charge in [-0.1, -0.05) is 20.3 Å². The van der Waals surface area contributed by atoms with E-state index in [9.17, 15) is 0 Å². The standard InChI is InChI=1S/C7H18O2Si/c1-5-7(3)10(8-4)9-6-2/h7,10H,5-6H2,1-4H3. The molecule has 3 heteroatoms. The minimum atomic E-state index is -1.31. The first-order valence-electron chi connectivity index (χ1n) is 3.90. The minimum absolute atomic E-state index is 0.630. The van der Waals surface area contributed by atoms with E-state index in [0.717, 1.165) is 13.0 Å². The van der Waals surface area contributed by atoms with Gasteiger partial charge in [0.2, 0.25) is 0 Å². The summed E-state index contributed by atoms with van der Waals surface area (Å²) < 4.78 is 10.7. The summed E-state index contributed by atoms with van der Waals surface area (Å²) in [5, 5.41) is 0. The summed E-state index contributed by atoms with van der Waals surface area (Å²) in [6, 6.07) is 0. The van der Waals surface area contributed by atoms with Crippen LogP contribution in [-0.4, -0.2) is 23.0 Å². The van der Waals surface area contributed by atoms with Gasteiger partial charge in [0.25, 0.3) is 0 Å². The molecule has 0 rings (SSSR count). The Hall–Kier alpha value is 0.137. The Morgan fingerprint density at radius 3 is 2.30 bits per heavy atom. The summed E-state index contributed by atoms with van der Waals surface area (Å²) in [6.07, 6.45) is 1.16. The molecule has 0 aliphatic carbocycles. The van der Waals surface area contributed by atoms with E-state index in [2.05, 4.69) is 13.8 Å². The van der Waals surface area contributed by atoms with Crippen LogP contribution in [0.15, 0.2) is 0 Å². The normalized spacial score (nSPS) is 16.8. The molecule has 0 amide bonds. The van der Waals surface area contributed by atoms with Crippen molar-refractivity contribution >= 4 is 9.28 Å². The maximum Gasteiger partial charge on any atom is 0.324 e. The van der Waals surface area contributed by atoms with Crippen LogP contribution in [0.1, 0.15) is 27.2 Å². The minimum Gasteiger partial charge on any atom is -0.400 e. The summed E-state index contributed by atoms with van der Waals surface area (Å²) in [5.41, 5.74) is 0.630. The second kappa shape index (κ2) is 5.89. The maximum absolute atomic E-state index is 5.46. The summed E-state index contributed by atoms with van der Waals surface area (Å²) in [6.45, 7) is 7.16. The van der Waals surface area contributed by atoms with Crippen molar-refractivity contribution in [3.63, 3.8) is 0 Å². The van der Waals surface area contributed by atoms with E-state index in [1.165, 1.54) is 0 Å². The van der Waals surface area contributed by atoms with E-state index in [4.69, 9.17) is 8.85 Å². The lowest BCUT2D eigenvalue weighted by Crippen LogP contribution is -2.25. The van der Waals surface area contributed by atoms with Crippen molar-refractivity contribution in [2.24, 2.45) is 0 Å². The molecular formula is C7H18O2Si. The van der Waals surface area contributed by atoms with Gasteiger partial charge in [-0.2, -0.15) is 0 Å². The fourth-order valence-electron chi connectivity index (χ4n) is 0.821. The molecule has 0 bridgehead atoms. The van der Waals surface area contributed by atoms with Crippen LogP contribution in [-0.2, 0) is 8.85 Å². The van der Waals surface area contributed by atoms with Crippen molar-refractivity contribution in [3.05, 3.63) is 0 Å². The lowest BCUT2D eigenvalue weighted by molar-refractivity contribution is 0.231. The van der Waals surface area contributed by atoms with Crippen LogP contribution in [0, 0.1) is 0 Å². The van der Waals surface area contributed by atoms with Gasteiger partial charge in [0.1, 0.15) is 0 Å². The zero-order chi connectivity index (χ0) is 7.98. The number of hydrogen-bond acceptors (Lipinski definition) is 2. The van der Waals surface area contributed by atoms with Crippen LogP contribution >= 0.6 is 0 Å². The fourth-order valence-corrected chi connectivity index (χ4v) is 2.46. The highest BCUT2D eigenvalue weighted by Crippen LogP contribution is 2.14. The van der Waals surface area contributed by atoms with Crippen LogP contribution in [0.5, 0.6) is 0 Å². The van der Waals surface area contributed by atoms with E-state index in [-0.39, 0.29) is 0 Å². The molecule has 2 atom stereocenters. The molecule has 0 N–H and O–H groups in total. The van der Waals surface area contributed by atoms with Crippen molar-refractivity contribution in [2.75, 3.05) is 13.7 Å². The number of rotatable bonds is 5. The average Bonchev–Trinajstić information content (AvgIpc) is 1.99. The molecule has 10 heavy (non-hydrogen) atoms. The molecule has 0 spiro atoms. The molecule has 0 aromatic carbocycles. The summed E-state index contributed by atoms with van der Waals surface area (Å²) >= 11 is 0. The quantitative estimate of drug-likeness (QED) is 0.573. The van der Waals surface area contributed by atoms with E-state index in [0.29, 0.717) is 5.54 Å².